The van der Waals surface area contributed by atoms with Gasteiger partial charge in [0, 0.05) is 57.2 Å². The van der Waals surface area contributed by atoms with E-state index in [4.69, 9.17) is 33.9 Å². The summed E-state index contributed by atoms with van der Waals surface area (Å²) in [5.74, 6) is 2.00. The minimum absolute atomic E-state index is 0.0305. The number of halogens is 3. The van der Waals surface area contributed by atoms with E-state index >= 15 is 13.2 Å². The topological polar surface area (TPSA) is 106 Å². The molecule has 2 aromatic heterocycles. The van der Waals surface area contributed by atoms with E-state index in [1.165, 1.54) is 0 Å². The van der Waals surface area contributed by atoms with Crippen molar-refractivity contribution in [2.75, 3.05) is 77.0 Å². The SMILES string of the molecule is CCCCOC(=O)N1CC(CN(C)c2nc(OCC34CCCN3CCC4)nc3c2C[C@@H](C)[C@H](c2nc(N(Cc4ccc(OC)cc4)Cc4ccc(OC)cc4)cc(C)c2C(F)(F)F)C3)C1. The molecule has 15 heteroatoms. The number of unbranched alkanes of at least 4 members (excludes halogenated alkanes) is 1. The van der Waals surface area contributed by atoms with Crippen LogP contribution in [0.3, 0.4) is 0 Å². The number of pyridine rings is 1. The Labute approximate surface area is 381 Å². The first-order chi connectivity index (χ1) is 31.3. The van der Waals surface area contributed by atoms with Crippen molar-refractivity contribution in [2.45, 2.75) is 103 Å². The molecule has 0 bridgehead atoms. The van der Waals surface area contributed by atoms with Gasteiger partial charge in [-0.3, -0.25) is 4.90 Å². The van der Waals surface area contributed by atoms with Crippen molar-refractivity contribution in [3.8, 4) is 17.5 Å². The van der Waals surface area contributed by atoms with Crippen LogP contribution in [0.4, 0.5) is 29.6 Å². The summed E-state index contributed by atoms with van der Waals surface area (Å²) in [6, 6.07) is 17.2. The summed E-state index contributed by atoms with van der Waals surface area (Å²) in [5.41, 5.74) is 2.94. The van der Waals surface area contributed by atoms with E-state index in [0.717, 1.165) is 74.1 Å². The average Bonchev–Trinajstić information content (AvgIpc) is 3.87. The van der Waals surface area contributed by atoms with Crippen LogP contribution in [0.2, 0.25) is 0 Å². The Hall–Kier alpha value is -5.31. The van der Waals surface area contributed by atoms with E-state index in [9.17, 15) is 4.79 Å². The Bertz CT molecular complexity index is 2210. The van der Waals surface area contributed by atoms with E-state index in [1.807, 2.05) is 67.4 Å². The van der Waals surface area contributed by atoms with Crippen molar-refractivity contribution in [1.29, 1.82) is 0 Å². The van der Waals surface area contributed by atoms with Gasteiger partial charge in [0.2, 0.25) is 0 Å². The fraction of sp³-hybridized carbons (Fsp3) is 0.560. The molecule has 8 rings (SSSR count). The molecule has 3 fully saturated rings. The van der Waals surface area contributed by atoms with Crippen LogP contribution in [0, 0.1) is 18.8 Å². The van der Waals surface area contributed by atoms with Gasteiger partial charge in [0.05, 0.1) is 43.3 Å². The lowest BCUT2D eigenvalue weighted by Gasteiger charge is -2.41. The lowest BCUT2D eigenvalue weighted by molar-refractivity contribution is -0.139. The Balaban J connectivity index is 1.13. The first-order valence-electron chi connectivity index (χ1n) is 23.3. The fourth-order valence-corrected chi connectivity index (χ4v) is 10.5. The quantitative estimate of drug-likeness (QED) is 0.0948. The number of amides is 1. The summed E-state index contributed by atoms with van der Waals surface area (Å²) in [6.45, 7) is 11.2. The first kappa shape index (κ1) is 46.2. The van der Waals surface area contributed by atoms with E-state index < -0.39 is 17.7 Å². The van der Waals surface area contributed by atoms with Crippen molar-refractivity contribution in [3.63, 3.8) is 0 Å². The minimum atomic E-state index is -4.64. The molecule has 4 aromatic rings. The van der Waals surface area contributed by atoms with Crippen molar-refractivity contribution in [3.05, 3.63) is 93.8 Å². The summed E-state index contributed by atoms with van der Waals surface area (Å²) < 4.78 is 69.0. The highest BCUT2D eigenvalue weighted by Crippen LogP contribution is 2.46. The predicted octanol–water partition coefficient (Wildman–Crippen LogP) is 9.25. The monoisotopic (exact) mass is 899 g/mol. The van der Waals surface area contributed by atoms with Crippen LogP contribution < -0.4 is 24.0 Å². The molecule has 4 aliphatic rings. The van der Waals surface area contributed by atoms with E-state index in [2.05, 4.69) is 16.7 Å². The molecule has 65 heavy (non-hydrogen) atoms. The van der Waals surface area contributed by atoms with Crippen LogP contribution in [0.5, 0.6) is 17.5 Å². The summed E-state index contributed by atoms with van der Waals surface area (Å²) in [4.78, 5) is 36.2. The predicted molar refractivity (Wildman–Crippen MR) is 244 cm³/mol. The number of hydrogen-bond acceptors (Lipinski definition) is 11. The third-order valence-corrected chi connectivity index (χ3v) is 14.0. The fourth-order valence-electron chi connectivity index (χ4n) is 10.5. The smallest absolute Gasteiger partial charge is 0.418 e. The zero-order valence-electron chi connectivity index (χ0n) is 38.8. The van der Waals surface area contributed by atoms with Gasteiger partial charge >= 0.3 is 18.3 Å². The number of carbonyl (C=O) groups excluding carboxylic acids is 1. The maximum absolute atomic E-state index is 15.4. The molecule has 1 aliphatic carbocycles. The van der Waals surface area contributed by atoms with Gasteiger partial charge in [0.15, 0.2) is 0 Å². The van der Waals surface area contributed by atoms with Gasteiger partial charge in [-0.15, -0.1) is 0 Å². The number of benzene rings is 2. The van der Waals surface area contributed by atoms with Crippen LogP contribution in [-0.4, -0.2) is 104 Å². The van der Waals surface area contributed by atoms with E-state index in [-0.39, 0.29) is 47.2 Å². The Kier molecular flexibility index (Phi) is 14.0. The molecule has 0 spiro atoms. The van der Waals surface area contributed by atoms with E-state index in [0.29, 0.717) is 75.4 Å². The molecule has 350 valence electrons. The third kappa shape index (κ3) is 10.2. The summed E-state index contributed by atoms with van der Waals surface area (Å²) >= 11 is 0. The van der Waals surface area contributed by atoms with Crippen molar-refractivity contribution >= 4 is 17.7 Å². The number of alkyl halides is 3. The standard InChI is InChI=1S/C50H64F3N7O5/c1-7-8-23-64-48(61)59-30-37(31-59)27-57(4)46-41-24-33(2)40(26-42(41)54-47(56-46)65-32-49-19-9-21-60(49)22-10-20-49)45-44(50(51,52)53)34(3)25-43(55-45)58(28-35-11-15-38(62-5)16-12-35)29-36-13-17-39(63-6)18-14-36/h11-18,25,33,37,40H,7-10,19-24,26-32H2,1-6H3/t33-,40-/m1/s1. The highest BCUT2D eigenvalue weighted by Gasteiger charge is 2.46. The van der Waals surface area contributed by atoms with E-state index in [1.54, 1.807) is 32.1 Å². The lowest BCUT2D eigenvalue weighted by Crippen LogP contribution is -2.53. The number of hydrogen-bond donors (Lipinski definition) is 0. The lowest BCUT2D eigenvalue weighted by atomic mass is 9.75. The number of anilines is 2. The highest BCUT2D eigenvalue weighted by molar-refractivity contribution is 5.68. The number of carbonyl (C=O) groups is 1. The van der Waals surface area contributed by atoms with Gasteiger partial charge in [0.1, 0.15) is 29.7 Å². The third-order valence-electron chi connectivity index (χ3n) is 14.0. The van der Waals surface area contributed by atoms with Gasteiger partial charge in [-0.1, -0.05) is 44.5 Å². The Morgan fingerprint density at radius 1 is 0.908 bits per heavy atom. The average molecular weight is 900 g/mol. The number of likely N-dealkylation sites (tertiary alicyclic amines) is 1. The van der Waals surface area contributed by atoms with Crippen molar-refractivity contribution in [1.82, 2.24) is 24.8 Å². The first-order valence-corrected chi connectivity index (χ1v) is 23.3. The van der Waals surface area contributed by atoms with Gasteiger partial charge in [-0.05, 0) is 118 Å². The van der Waals surface area contributed by atoms with Crippen molar-refractivity contribution < 1.29 is 36.9 Å². The van der Waals surface area contributed by atoms with Crippen LogP contribution in [0.25, 0.3) is 0 Å². The van der Waals surface area contributed by atoms with Gasteiger partial charge < -0.3 is 33.6 Å². The number of nitrogens with zero attached hydrogens (tertiary/aromatic N) is 7. The van der Waals surface area contributed by atoms with Crippen molar-refractivity contribution in [2.24, 2.45) is 11.8 Å². The van der Waals surface area contributed by atoms with Gasteiger partial charge in [-0.2, -0.15) is 23.1 Å². The maximum Gasteiger partial charge on any atom is 0.418 e. The van der Waals surface area contributed by atoms with Crippen LogP contribution in [0.15, 0.2) is 54.6 Å². The number of methoxy groups -OCH3 is 2. The molecule has 0 saturated carbocycles. The van der Waals surface area contributed by atoms with Crippen LogP contribution in [0.1, 0.15) is 97.5 Å². The molecule has 12 nitrogen and oxygen atoms in total. The summed E-state index contributed by atoms with van der Waals surface area (Å²) in [5, 5.41) is 0. The van der Waals surface area contributed by atoms with Crippen LogP contribution in [-0.2, 0) is 36.8 Å². The molecule has 2 aromatic carbocycles. The number of fused-ring (bicyclic) bond motifs is 2. The largest absolute Gasteiger partial charge is 0.497 e. The second kappa shape index (κ2) is 19.7. The molecule has 5 heterocycles. The normalized spacial score (nSPS) is 19.3. The van der Waals surface area contributed by atoms with Crippen LogP contribution >= 0.6 is 0 Å². The van der Waals surface area contributed by atoms with Gasteiger partial charge in [0.25, 0.3) is 0 Å². The van der Waals surface area contributed by atoms with Gasteiger partial charge in [-0.25, -0.2) is 9.78 Å². The Morgan fingerprint density at radius 2 is 1.54 bits per heavy atom. The number of rotatable bonds is 17. The summed E-state index contributed by atoms with van der Waals surface area (Å²) in [6.07, 6.45) is 1.92. The minimum Gasteiger partial charge on any atom is -0.497 e. The molecule has 3 saturated heterocycles. The number of ether oxygens (including phenoxy) is 4. The second-order valence-electron chi connectivity index (χ2n) is 18.7. The molecule has 3 aliphatic heterocycles. The molecule has 0 N–H and O–H groups in total. The number of aryl methyl sites for hydroxylation is 1. The molecule has 0 unspecified atom stereocenters. The molecule has 0 radical (unpaired) electrons. The summed E-state index contributed by atoms with van der Waals surface area (Å²) in [7, 11) is 5.22. The molecular weight excluding hydrogens is 836 g/mol. The molecular formula is C50H64F3N7O5. The zero-order chi connectivity index (χ0) is 45.9. The highest BCUT2D eigenvalue weighted by atomic mass is 19.4. The number of aromatic nitrogens is 3. The second-order valence-corrected chi connectivity index (χ2v) is 18.7. The maximum atomic E-state index is 15.4. The molecule has 2 atom stereocenters. The zero-order valence-corrected chi connectivity index (χ0v) is 38.8. The molecule has 1 amide bonds. The Morgan fingerprint density at radius 3 is 2.12 bits per heavy atom.